The first-order valence-corrected chi connectivity index (χ1v) is 3.32. The zero-order valence-electron chi connectivity index (χ0n) is 5.18. The molecule has 1 saturated heterocycles. The Morgan fingerprint density at radius 3 is 2.40 bits per heavy atom. The van der Waals surface area contributed by atoms with Gasteiger partial charge in [0.1, 0.15) is 0 Å². The minimum atomic E-state index is -2.70. The van der Waals surface area contributed by atoms with E-state index in [4.69, 9.17) is 0 Å². The molecule has 10 heavy (non-hydrogen) atoms. The molecule has 0 aromatic carbocycles. The van der Waals surface area contributed by atoms with E-state index in [0.29, 0.717) is 0 Å². The van der Waals surface area contributed by atoms with Crippen molar-refractivity contribution in [1.82, 2.24) is 4.90 Å². The van der Waals surface area contributed by atoms with Crippen molar-refractivity contribution >= 4 is 17.9 Å². The molecule has 5 heteroatoms. The maximum atomic E-state index is 12.3. The van der Waals surface area contributed by atoms with Crippen molar-refractivity contribution in [3.63, 3.8) is 0 Å². The van der Waals surface area contributed by atoms with Crippen molar-refractivity contribution in [3.05, 3.63) is 0 Å². The Morgan fingerprint density at radius 1 is 1.60 bits per heavy atom. The standard InChI is InChI=1S/C5H7F2NOS/c6-5(7)1-2-8(3-5)4(9)10/h1-3H2,(H,9,10). The molecule has 0 bridgehead atoms. The number of carbonyl (C=O) groups is 1. The number of rotatable bonds is 0. The summed E-state index contributed by atoms with van der Waals surface area (Å²) >= 11 is 3.42. The Bertz CT molecular complexity index is 162. The van der Waals surface area contributed by atoms with E-state index in [-0.39, 0.29) is 13.0 Å². The fourth-order valence-electron chi connectivity index (χ4n) is 0.899. The third kappa shape index (κ3) is 1.59. The lowest BCUT2D eigenvalue weighted by molar-refractivity contribution is 0.0163. The van der Waals surface area contributed by atoms with E-state index in [0.717, 1.165) is 4.90 Å². The molecule has 1 aliphatic rings. The number of halogens is 2. The maximum absolute atomic E-state index is 12.3. The summed E-state index contributed by atoms with van der Waals surface area (Å²) in [6.07, 6.45) is -0.237. The molecule has 0 saturated carbocycles. The van der Waals surface area contributed by atoms with Crippen LogP contribution in [0.2, 0.25) is 0 Å². The van der Waals surface area contributed by atoms with Crippen molar-refractivity contribution < 1.29 is 13.6 Å². The summed E-state index contributed by atoms with van der Waals surface area (Å²) in [6, 6.07) is 0. The second-order valence-electron chi connectivity index (χ2n) is 2.31. The predicted octanol–water partition coefficient (Wildman–Crippen LogP) is 1.38. The fourth-order valence-corrected chi connectivity index (χ4v) is 1.07. The van der Waals surface area contributed by atoms with Gasteiger partial charge in [-0.15, -0.1) is 0 Å². The van der Waals surface area contributed by atoms with Crippen LogP contribution in [0.3, 0.4) is 0 Å². The molecule has 0 atom stereocenters. The van der Waals surface area contributed by atoms with Gasteiger partial charge in [-0.2, -0.15) is 0 Å². The van der Waals surface area contributed by atoms with Crippen LogP contribution in [0.1, 0.15) is 6.42 Å². The number of hydrogen-bond acceptors (Lipinski definition) is 1. The predicted molar refractivity (Wildman–Crippen MR) is 35.5 cm³/mol. The Labute approximate surface area is 62.6 Å². The van der Waals surface area contributed by atoms with Gasteiger partial charge in [0.05, 0.1) is 6.54 Å². The van der Waals surface area contributed by atoms with E-state index in [2.05, 4.69) is 12.6 Å². The van der Waals surface area contributed by atoms with Crippen LogP contribution >= 0.6 is 12.6 Å². The summed E-state index contributed by atoms with van der Waals surface area (Å²) in [5.74, 6) is -2.70. The first-order valence-electron chi connectivity index (χ1n) is 2.87. The van der Waals surface area contributed by atoms with Crippen LogP contribution in [-0.4, -0.2) is 29.2 Å². The van der Waals surface area contributed by atoms with E-state index >= 15 is 0 Å². The molecule has 0 unspecified atom stereocenters. The first kappa shape index (κ1) is 7.78. The zero-order chi connectivity index (χ0) is 7.78. The monoisotopic (exact) mass is 167 g/mol. The van der Waals surface area contributed by atoms with Crippen molar-refractivity contribution in [2.75, 3.05) is 13.1 Å². The van der Waals surface area contributed by atoms with Gasteiger partial charge in [-0.1, -0.05) is 12.6 Å². The van der Waals surface area contributed by atoms with Gasteiger partial charge >= 0.3 is 0 Å². The molecule has 0 aromatic rings. The average molecular weight is 167 g/mol. The second kappa shape index (κ2) is 2.38. The first-order chi connectivity index (χ1) is 4.51. The van der Waals surface area contributed by atoms with Gasteiger partial charge in [-0.05, 0) is 0 Å². The molecule has 1 heterocycles. The van der Waals surface area contributed by atoms with E-state index < -0.39 is 17.7 Å². The third-order valence-electron chi connectivity index (χ3n) is 1.44. The Balaban J connectivity index is 2.51. The molecule has 1 rings (SSSR count). The summed E-state index contributed by atoms with van der Waals surface area (Å²) in [7, 11) is 0. The summed E-state index contributed by atoms with van der Waals surface area (Å²) < 4.78 is 24.7. The van der Waals surface area contributed by atoms with Gasteiger partial charge in [0.25, 0.3) is 11.2 Å². The molecule has 1 aliphatic heterocycles. The summed E-state index contributed by atoms with van der Waals surface area (Å²) in [5, 5.41) is -0.572. The van der Waals surface area contributed by atoms with Crippen LogP contribution in [0.5, 0.6) is 0 Å². The Hall–Kier alpha value is -0.320. The van der Waals surface area contributed by atoms with Crippen molar-refractivity contribution in [2.24, 2.45) is 0 Å². The van der Waals surface area contributed by atoms with Crippen LogP contribution in [0.15, 0.2) is 0 Å². The van der Waals surface area contributed by atoms with Crippen LogP contribution in [0.25, 0.3) is 0 Å². The SMILES string of the molecule is O=C(S)N1CCC(F)(F)C1. The van der Waals surface area contributed by atoms with E-state index in [9.17, 15) is 13.6 Å². The minimum Gasteiger partial charge on any atom is -0.328 e. The van der Waals surface area contributed by atoms with E-state index in [1.165, 1.54) is 0 Å². The highest BCUT2D eigenvalue weighted by Crippen LogP contribution is 2.27. The number of thiol groups is 1. The van der Waals surface area contributed by atoms with Crippen LogP contribution in [-0.2, 0) is 0 Å². The highest BCUT2D eigenvalue weighted by atomic mass is 32.1. The number of amides is 1. The van der Waals surface area contributed by atoms with Crippen molar-refractivity contribution in [1.29, 1.82) is 0 Å². The van der Waals surface area contributed by atoms with Gasteiger partial charge in [0.15, 0.2) is 0 Å². The van der Waals surface area contributed by atoms with Gasteiger partial charge < -0.3 is 4.90 Å². The van der Waals surface area contributed by atoms with Crippen LogP contribution in [0, 0.1) is 0 Å². The molecular formula is C5H7F2NOS. The van der Waals surface area contributed by atoms with Gasteiger partial charge in [-0.25, -0.2) is 8.78 Å². The molecule has 0 radical (unpaired) electrons. The highest BCUT2D eigenvalue weighted by Gasteiger charge is 2.39. The van der Waals surface area contributed by atoms with Crippen LogP contribution in [0.4, 0.5) is 13.6 Å². The zero-order valence-corrected chi connectivity index (χ0v) is 6.07. The van der Waals surface area contributed by atoms with Crippen molar-refractivity contribution in [2.45, 2.75) is 12.3 Å². The van der Waals surface area contributed by atoms with E-state index in [1.807, 2.05) is 0 Å². The van der Waals surface area contributed by atoms with Crippen LogP contribution < -0.4 is 0 Å². The lowest BCUT2D eigenvalue weighted by Gasteiger charge is -2.11. The number of alkyl halides is 2. The van der Waals surface area contributed by atoms with Gasteiger partial charge in [0, 0.05) is 13.0 Å². The summed E-state index contributed by atoms with van der Waals surface area (Å²) in [4.78, 5) is 11.4. The number of carbonyl (C=O) groups excluding carboxylic acids is 1. The number of likely N-dealkylation sites (tertiary alicyclic amines) is 1. The molecule has 0 aliphatic carbocycles. The lowest BCUT2D eigenvalue weighted by atomic mass is 10.3. The lowest BCUT2D eigenvalue weighted by Crippen LogP contribution is -2.27. The fraction of sp³-hybridized carbons (Fsp3) is 0.800. The molecule has 58 valence electrons. The van der Waals surface area contributed by atoms with Gasteiger partial charge in [-0.3, -0.25) is 4.79 Å². The largest absolute Gasteiger partial charge is 0.328 e. The maximum Gasteiger partial charge on any atom is 0.278 e. The molecule has 1 fully saturated rings. The minimum absolute atomic E-state index is 0.120. The number of nitrogens with zero attached hydrogens (tertiary/aromatic N) is 1. The molecule has 0 spiro atoms. The third-order valence-corrected chi connectivity index (χ3v) is 1.72. The Morgan fingerprint density at radius 2 is 2.20 bits per heavy atom. The summed E-state index contributed by atoms with van der Waals surface area (Å²) in [5.41, 5.74) is 0. The summed E-state index contributed by atoms with van der Waals surface area (Å²) in [6.45, 7) is -0.356. The van der Waals surface area contributed by atoms with Crippen molar-refractivity contribution in [3.8, 4) is 0 Å². The molecule has 0 aromatic heterocycles. The second-order valence-corrected chi connectivity index (χ2v) is 2.69. The molecule has 2 nitrogen and oxygen atoms in total. The normalized spacial score (nSPS) is 23.3. The number of hydrogen-bond donors (Lipinski definition) is 1. The highest BCUT2D eigenvalue weighted by molar-refractivity contribution is 7.96. The smallest absolute Gasteiger partial charge is 0.278 e. The molecular weight excluding hydrogens is 160 g/mol. The molecule has 1 amide bonds. The topological polar surface area (TPSA) is 20.3 Å². The van der Waals surface area contributed by atoms with E-state index in [1.54, 1.807) is 0 Å². The average Bonchev–Trinajstić information content (AvgIpc) is 2.10. The van der Waals surface area contributed by atoms with Gasteiger partial charge in [0.2, 0.25) is 0 Å². The molecule has 0 N–H and O–H groups in total. The quantitative estimate of drug-likeness (QED) is 0.540. The Kier molecular flexibility index (Phi) is 1.85.